The summed E-state index contributed by atoms with van der Waals surface area (Å²) >= 11 is 0. The van der Waals surface area contributed by atoms with Crippen molar-refractivity contribution in [3.63, 3.8) is 0 Å². The van der Waals surface area contributed by atoms with E-state index in [0.717, 1.165) is 0 Å². The Bertz CT molecular complexity index is 220. The largest absolute Gasteiger partial charge is 0.460 e. The Balaban J connectivity index is 0. The maximum absolute atomic E-state index is 10.6. The molecule has 0 spiro atoms. The van der Waals surface area contributed by atoms with Gasteiger partial charge in [0.2, 0.25) is 0 Å². The molecule has 0 amide bonds. The highest BCUT2D eigenvalue weighted by Crippen LogP contribution is 1.92. The zero-order chi connectivity index (χ0) is 14.0. The maximum Gasteiger partial charge on any atom is 0.333 e. The fourth-order valence-corrected chi connectivity index (χ4v) is 0.669. The zero-order valence-electron chi connectivity index (χ0n) is 10.8. The Morgan fingerprint density at radius 3 is 1.82 bits per heavy atom. The Hall–Kier alpha value is -0.950. The van der Waals surface area contributed by atoms with Crippen LogP contribution in [0.25, 0.3) is 0 Å². The van der Waals surface area contributed by atoms with Gasteiger partial charge in [0.05, 0.1) is 6.10 Å². The molecular weight excluding hydrogens is 226 g/mol. The molecule has 0 saturated carbocycles. The highest BCUT2D eigenvalue weighted by atomic mass is 16.5. The Morgan fingerprint density at radius 2 is 1.65 bits per heavy atom. The van der Waals surface area contributed by atoms with Crippen LogP contribution in [0.1, 0.15) is 27.7 Å². The summed E-state index contributed by atoms with van der Waals surface area (Å²) in [4.78, 5) is 10.6. The number of hydrogen-bond donors (Lipinski definition) is 4. The second-order valence-electron chi connectivity index (χ2n) is 3.75. The van der Waals surface area contributed by atoms with E-state index >= 15 is 0 Å². The highest BCUT2D eigenvalue weighted by molar-refractivity contribution is 5.86. The smallest absolute Gasteiger partial charge is 0.333 e. The fourth-order valence-electron chi connectivity index (χ4n) is 0.669. The van der Waals surface area contributed by atoms with Crippen molar-refractivity contribution in [1.29, 1.82) is 0 Å². The molecule has 6 heteroatoms. The molecule has 0 radical (unpaired) electrons. The van der Waals surface area contributed by atoms with Crippen LogP contribution in [0.5, 0.6) is 0 Å². The Labute approximate surface area is 102 Å². The van der Waals surface area contributed by atoms with Gasteiger partial charge in [0.25, 0.3) is 0 Å². The fraction of sp³-hybridized carbons (Fsp3) is 0.727. The third-order valence-corrected chi connectivity index (χ3v) is 1.29. The summed E-state index contributed by atoms with van der Waals surface area (Å²) < 4.78 is 4.58. The molecule has 0 aromatic rings. The quantitative estimate of drug-likeness (QED) is 0.304. The van der Waals surface area contributed by atoms with Crippen LogP contribution >= 0.6 is 0 Å². The Kier molecular flexibility index (Phi) is 11.1. The van der Waals surface area contributed by atoms with Crippen LogP contribution in [0, 0.1) is 0 Å². The molecule has 0 rings (SSSR count). The van der Waals surface area contributed by atoms with Crippen molar-refractivity contribution in [2.75, 3.05) is 6.61 Å². The third kappa shape index (κ3) is 17.7. The summed E-state index contributed by atoms with van der Waals surface area (Å²) in [5, 5.41) is 28.0. The van der Waals surface area contributed by atoms with Crippen molar-refractivity contribution in [3.8, 4) is 0 Å². The molecule has 6 nitrogen and oxygen atoms in total. The van der Waals surface area contributed by atoms with Gasteiger partial charge in [-0.3, -0.25) is 5.32 Å². The van der Waals surface area contributed by atoms with Gasteiger partial charge in [0.1, 0.15) is 19.1 Å². The van der Waals surface area contributed by atoms with Gasteiger partial charge in [-0.15, -0.1) is 0 Å². The normalized spacial score (nSPS) is 15.0. The monoisotopic (exact) mass is 249 g/mol. The van der Waals surface area contributed by atoms with Crippen LogP contribution in [0.3, 0.4) is 0 Å². The topological polar surface area (TPSA) is 99.0 Å². The second kappa shape index (κ2) is 10.2. The minimum Gasteiger partial charge on any atom is -0.460 e. The van der Waals surface area contributed by atoms with Crippen molar-refractivity contribution in [2.24, 2.45) is 0 Å². The van der Waals surface area contributed by atoms with E-state index in [-0.39, 0.29) is 6.61 Å². The first-order valence-electron chi connectivity index (χ1n) is 5.29. The van der Waals surface area contributed by atoms with Gasteiger partial charge in [-0.2, -0.15) is 0 Å². The number of rotatable bonds is 5. The summed E-state index contributed by atoms with van der Waals surface area (Å²) in [5.41, 5.74) is 0.348. The van der Waals surface area contributed by atoms with Crippen molar-refractivity contribution >= 4 is 5.97 Å². The first-order chi connectivity index (χ1) is 7.66. The van der Waals surface area contributed by atoms with E-state index in [1.165, 1.54) is 0 Å². The molecule has 0 aliphatic carbocycles. The minimum atomic E-state index is -0.625. The predicted octanol–water partition coefficient (Wildman–Crippen LogP) is -0.261. The van der Waals surface area contributed by atoms with Gasteiger partial charge in [0, 0.05) is 5.57 Å². The zero-order valence-corrected chi connectivity index (χ0v) is 10.8. The molecule has 0 heterocycles. The average Bonchev–Trinajstić information content (AvgIpc) is 2.12. The van der Waals surface area contributed by atoms with E-state index in [4.69, 9.17) is 15.3 Å². The first-order valence-corrected chi connectivity index (χ1v) is 5.29. The lowest BCUT2D eigenvalue weighted by atomic mass is 10.3. The van der Waals surface area contributed by atoms with Crippen LogP contribution in [0.15, 0.2) is 12.2 Å². The van der Waals surface area contributed by atoms with Crippen molar-refractivity contribution < 1.29 is 24.9 Å². The van der Waals surface area contributed by atoms with Crippen LogP contribution in [0.4, 0.5) is 0 Å². The summed E-state index contributed by atoms with van der Waals surface area (Å²) in [6.07, 6.45) is -1.86. The van der Waals surface area contributed by atoms with Crippen LogP contribution in [0.2, 0.25) is 0 Å². The van der Waals surface area contributed by atoms with Crippen LogP contribution in [-0.4, -0.2) is 46.5 Å². The van der Waals surface area contributed by atoms with E-state index in [1.807, 2.05) is 0 Å². The van der Waals surface area contributed by atoms with E-state index in [0.29, 0.717) is 5.57 Å². The van der Waals surface area contributed by atoms with Gasteiger partial charge in [-0.25, -0.2) is 4.79 Å². The van der Waals surface area contributed by atoms with Crippen molar-refractivity contribution in [1.82, 2.24) is 5.32 Å². The molecule has 0 aliphatic heterocycles. The summed E-state index contributed by atoms with van der Waals surface area (Å²) in [5.74, 6) is -0.457. The number of aliphatic hydroxyl groups excluding tert-OH is 3. The number of carbonyl (C=O) groups excluding carboxylic acids is 1. The van der Waals surface area contributed by atoms with Gasteiger partial charge < -0.3 is 20.1 Å². The number of hydrogen-bond acceptors (Lipinski definition) is 6. The van der Waals surface area contributed by atoms with E-state index in [9.17, 15) is 4.79 Å². The number of aliphatic hydroxyl groups is 3. The molecule has 0 saturated heterocycles. The van der Waals surface area contributed by atoms with Crippen molar-refractivity contribution in [3.05, 3.63) is 12.2 Å². The van der Waals surface area contributed by atoms with Gasteiger partial charge in [0.15, 0.2) is 0 Å². The molecule has 0 fully saturated rings. The first kappa shape index (κ1) is 18.4. The number of carbonyl (C=O) groups is 1. The lowest BCUT2D eigenvalue weighted by molar-refractivity contribution is -0.141. The number of ether oxygens (including phenoxy) is 1. The Morgan fingerprint density at radius 1 is 1.24 bits per heavy atom. The molecule has 3 unspecified atom stereocenters. The van der Waals surface area contributed by atoms with E-state index in [2.05, 4.69) is 16.6 Å². The molecule has 4 N–H and O–H groups in total. The van der Waals surface area contributed by atoms with E-state index < -0.39 is 24.5 Å². The standard InChI is InChI=1S/C7H12O3.C4H11NO2/c1-5(2)7(9)10-4-6(3)8;1-3(6)5-4(2)7/h6,8H,1,4H2,2-3H3;3-7H,1-2H3. The van der Waals surface area contributed by atoms with Crippen LogP contribution in [-0.2, 0) is 9.53 Å². The summed E-state index contributed by atoms with van der Waals surface area (Å²) in [7, 11) is 0. The van der Waals surface area contributed by atoms with Gasteiger partial charge in [-0.1, -0.05) is 6.58 Å². The molecular formula is C11H23NO5. The molecule has 17 heavy (non-hydrogen) atoms. The maximum atomic E-state index is 10.6. The molecule has 0 bridgehead atoms. The van der Waals surface area contributed by atoms with E-state index in [1.54, 1.807) is 27.7 Å². The minimum absolute atomic E-state index is 0.0334. The van der Waals surface area contributed by atoms with Crippen molar-refractivity contribution in [2.45, 2.75) is 46.3 Å². The SMILES string of the molecule is C=C(C)C(=O)OCC(C)O.CC(O)NC(C)O. The van der Waals surface area contributed by atoms with Gasteiger partial charge >= 0.3 is 5.97 Å². The van der Waals surface area contributed by atoms with Gasteiger partial charge in [-0.05, 0) is 27.7 Å². The van der Waals surface area contributed by atoms with Crippen LogP contribution < -0.4 is 5.32 Å². The molecule has 0 aromatic heterocycles. The molecule has 0 aliphatic rings. The molecule has 3 atom stereocenters. The lowest BCUT2D eigenvalue weighted by Gasteiger charge is -2.08. The lowest BCUT2D eigenvalue weighted by Crippen LogP contribution is -2.33. The number of nitrogens with one attached hydrogen (secondary N) is 1. The second-order valence-corrected chi connectivity index (χ2v) is 3.75. The third-order valence-electron chi connectivity index (χ3n) is 1.29. The molecule has 102 valence electrons. The highest BCUT2D eigenvalue weighted by Gasteiger charge is 2.03. The predicted molar refractivity (Wildman–Crippen MR) is 64.0 cm³/mol. The average molecular weight is 249 g/mol. The summed E-state index contributed by atoms with van der Waals surface area (Å²) in [6, 6.07) is 0. The molecule has 0 aromatic carbocycles. The number of esters is 1. The summed E-state index contributed by atoms with van der Waals surface area (Å²) in [6.45, 7) is 9.61.